The van der Waals surface area contributed by atoms with E-state index in [0.717, 1.165) is 6.07 Å². The Kier molecular flexibility index (Phi) is 6.71. The van der Waals surface area contributed by atoms with Crippen LogP contribution >= 0.6 is 0 Å². The van der Waals surface area contributed by atoms with Gasteiger partial charge in [0.05, 0.1) is 17.7 Å². The Bertz CT molecular complexity index is 960. The van der Waals surface area contributed by atoms with Crippen molar-refractivity contribution in [2.24, 2.45) is 5.92 Å². The highest BCUT2D eigenvalue weighted by atomic mass is 32.2. The first-order valence-electron chi connectivity index (χ1n) is 9.33. The van der Waals surface area contributed by atoms with Crippen LogP contribution < -0.4 is 14.8 Å². The second-order valence-electron chi connectivity index (χ2n) is 6.87. The molecule has 0 atom stereocenters. The van der Waals surface area contributed by atoms with Crippen LogP contribution in [-0.2, 0) is 10.0 Å². The number of halogens is 1. The van der Waals surface area contributed by atoms with Crippen molar-refractivity contribution in [1.82, 2.24) is 9.62 Å². The quantitative estimate of drug-likeness (QED) is 0.751. The van der Waals surface area contributed by atoms with Gasteiger partial charge in [-0.3, -0.25) is 0 Å². The largest absolute Gasteiger partial charge is 0.495 e. The predicted molar refractivity (Wildman–Crippen MR) is 108 cm³/mol. The molecule has 0 aliphatic carbocycles. The lowest BCUT2D eigenvalue weighted by atomic mass is 9.97. The van der Waals surface area contributed by atoms with Gasteiger partial charge >= 0.3 is 6.03 Å². The number of nitrogens with zero attached hydrogens (tertiary/aromatic N) is 1. The zero-order valence-corrected chi connectivity index (χ0v) is 16.9. The van der Waals surface area contributed by atoms with Gasteiger partial charge in [0.25, 0.3) is 0 Å². The summed E-state index contributed by atoms with van der Waals surface area (Å²) in [6.07, 6.45) is 1.34. The van der Waals surface area contributed by atoms with E-state index in [4.69, 9.17) is 4.74 Å². The molecule has 3 rings (SSSR count). The number of hydrogen-bond donors (Lipinski definition) is 2. The second kappa shape index (κ2) is 9.23. The van der Waals surface area contributed by atoms with Crippen molar-refractivity contribution in [3.8, 4) is 5.75 Å². The van der Waals surface area contributed by atoms with Gasteiger partial charge in [0.1, 0.15) is 11.6 Å². The number of anilines is 1. The van der Waals surface area contributed by atoms with Gasteiger partial charge in [-0.1, -0.05) is 18.2 Å². The average molecular weight is 421 g/mol. The van der Waals surface area contributed by atoms with Crippen molar-refractivity contribution in [1.29, 1.82) is 0 Å². The van der Waals surface area contributed by atoms with E-state index in [2.05, 4.69) is 10.0 Å². The highest BCUT2D eigenvalue weighted by molar-refractivity contribution is 7.89. The fourth-order valence-corrected chi connectivity index (χ4v) is 4.37. The number of urea groups is 1. The lowest BCUT2D eigenvalue weighted by molar-refractivity contribution is 0.183. The summed E-state index contributed by atoms with van der Waals surface area (Å²) in [7, 11) is -2.21. The maximum atomic E-state index is 13.3. The van der Waals surface area contributed by atoms with Crippen LogP contribution in [0.5, 0.6) is 5.75 Å². The summed E-state index contributed by atoms with van der Waals surface area (Å²) in [4.78, 5) is 14.1. The van der Waals surface area contributed by atoms with Crippen LogP contribution in [0.1, 0.15) is 12.8 Å². The van der Waals surface area contributed by atoms with E-state index < -0.39 is 15.8 Å². The number of carbonyl (C=O) groups excluding carboxylic acids is 1. The molecular weight excluding hydrogens is 397 g/mol. The molecule has 156 valence electrons. The van der Waals surface area contributed by atoms with E-state index in [9.17, 15) is 17.6 Å². The average Bonchev–Trinajstić information content (AvgIpc) is 2.73. The number of rotatable bonds is 6. The van der Waals surface area contributed by atoms with Crippen molar-refractivity contribution in [2.45, 2.75) is 17.7 Å². The molecule has 1 fully saturated rings. The van der Waals surface area contributed by atoms with Crippen molar-refractivity contribution in [3.05, 3.63) is 54.3 Å². The molecule has 9 heteroatoms. The molecule has 29 heavy (non-hydrogen) atoms. The van der Waals surface area contributed by atoms with Crippen molar-refractivity contribution in [3.63, 3.8) is 0 Å². The van der Waals surface area contributed by atoms with Crippen molar-refractivity contribution >= 4 is 21.7 Å². The number of ether oxygens (including phenoxy) is 1. The molecule has 0 aromatic heterocycles. The van der Waals surface area contributed by atoms with Gasteiger partial charge in [-0.05, 0) is 49.1 Å². The van der Waals surface area contributed by atoms with E-state index in [0.29, 0.717) is 37.4 Å². The minimum atomic E-state index is -3.76. The normalized spacial score (nSPS) is 15.2. The fourth-order valence-electron chi connectivity index (χ4n) is 3.23. The lowest BCUT2D eigenvalue weighted by Crippen LogP contribution is -2.43. The molecule has 2 aromatic rings. The molecule has 0 radical (unpaired) electrons. The smallest absolute Gasteiger partial charge is 0.321 e. The Morgan fingerprint density at radius 3 is 2.59 bits per heavy atom. The number of methoxy groups -OCH3 is 1. The van der Waals surface area contributed by atoms with Crippen LogP contribution in [0.15, 0.2) is 53.4 Å². The number of benzene rings is 2. The van der Waals surface area contributed by atoms with E-state index >= 15 is 0 Å². The topological polar surface area (TPSA) is 87.7 Å². The molecule has 2 aromatic carbocycles. The highest BCUT2D eigenvalue weighted by Gasteiger charge is 2.25. The van der Waals surface area contributed by atoms with Crippen LogP contribution in [0, 0.1) is 11.7 Å². The summed E-state index contributed by atoms with van der Waals surface area (Å²) in [6, 6.07) is 11.9. The maximum absolute atomic E-state index is 13.3. The van der Waals surface area contributed by atoms with Gasteiger partial charge in [0, 0.05) is 19.6 Å². The van der Waals surface area contributed by atoms with Crippen molar-refractivity contribution < 1.29 is 22.3 Å². The Morgan fingerprint density at radius 1 is 1.17 bits per heavy atom. The minimum Gasteiger partial charge on any atom is -0.495 e. The van der Waals surface area contributed by atoms with Crippen LogP contribution in [0.4, 0.5) is 14.9 Å². The third-order valence-corrected chi connectivity index (χ3v) is 6.34. The highest BCUT2D eigenvalue weighted by Crippen LogP contribution is 2.24. The third kappa shape index (κ3) is 5.45. The van der Waals surface area contributed by atoms with Crippen LogP contribution in [0.3, 0.4) is 0 Å². The number of amides is 2. The summed E-state index contributed by atoms with van der Waals surface area (Å²) in [5.74, 6) is 0.0957. The Hall–Kier alpha value is -2.65. The van der Waals surface area contributed by atoms with Gasteiger partial charge in [-0.25, -0.2) is 22.3 Å². The van der Waals surface area contributed by atoms with Crippen molar-refractivity contribution in [2.75, 3.05) is 32.1 Å². The minimum absolute atomic E-state index is 0.0916. The van der Waals surface area contributed by atoms with Crippen LogP contribution in [-0.4, -0.2) is 46.1 Å². The molecular formula is C20H24FN3O4S. The number of carbonyl (C=O) groups is 1. The summed E-state index contributed by atoms with van der Waals surface area (Å²) < 4.78 is 45.6. The Morgan fingerprint density at radius 2 is 1.90 bits per heavy atom. The molecule has 1 aliphatic rings. The van der Waals surface area contributed by atoms with Gasteiger partial charge in [0.2, 0.25) is 10.0 Å². The van der Waals surface area contributed by atoms with E-state index in [1.54, 1.807) is 24.1 Å². The first-order valence-corrected chi connectivity index (χ1v) is 10.8. The van der Waals surface area contributed by atoms with E-state index in [1.807, 2.05) is 12.1 Å². The zero-order chi connectivity index (χ0) is 20.9. The molecule has 1 saturated heterocycles. The van der Waals surface area contributed by atoms with Gasteiger partial charge < -0.3 is 15.0 Å². The van der Waals surface area contributed by atoms with Crippen LogP contribution in [0.25, 0.3) is 0 Å². The van der Waals surface area contributed by atoms with Crippen LogP contribution in [0.2, 0.25) is 0 Å². The molecule has 2 amide bonds. The fraction of sp³-hybridized carbons (Fsp3) is 0.350. The standard InChI is InChI=1S/C20H24FN3O4S/c1-28-19-8-3-2-7-18(19)23-20(25)24-11-9-15(10-12-24)14-22-29(26,27)17-6-4-5-16(21)13-17/h2-8,13,15,22H,9-12,14H2,1H3,(H,23,25). The SMILES string of the molecule is COc1ccccc1NC(=O)N1CCC(CNS(=O)(=O)c2cccc(F)c2)CC1. The molecule has 7 nitrogen and oxygen atoms in total. The molecule has 0 unspecified atom stereocenters. The first kappa shape index (κ1) is 21.1. The summed E-state index contributed by atoms with van der Waals surface area (Å²) in [5, 5.41) is 2.84. The summed E-state index contributed by atoms with van der Waals surface area (Å²) in [5.41, 5.74) is 0.602. The van der Waals surface area contributed by atoms with E-state index in [-0.39, 0.29) is 23.4 Å². The summed E-state index contributed by atoms with van der Waals surface area (Å²) >= 11 is 0. The number of nitrogens with one attached hydrogen (secondary N) is 2. The number of para-hydroxylation sites is 2. The van der Waals surface area contributed by atoms with Gasteiger partial charge in [-0.15, -0.1) is 0 Å². The number of hydrogen-bond acceptors (Lipinski definition) is 4. The Labute approximate surface area is 169 Å². The molecule has 0 saturated carbocycles. The predicted octanol–water partition coefficient (Wildman–Crippen LogP) is 3.06. The molecule has 1 heterocycles. The molecule has 0 spiro atoms. The lowest BCUT2D eigenvalue weighted by Gasteiger charge is -2.32. The maximum Gasteiger partial charge on any atom is 0.321 e. The number of piperidine rings is 1. The first-order chi connectivity index (χ1) is 13.9. The van der Waals surface area contributed by atoms with E-state index in [1.165, 1.54) is 18.2 Å². The zero-order valence-electron chi connectivity index (χ0n) is 16.1. The molecule has 0 bridgehead atoms. The summed E-state index contributed by atoms with van der Waals surface area (Å²) in [6.45, 7) is 1.29. The second-order valence-corrected chi connectivity index (χ2v) is 8.64. The number of likely N-dealkylation sites (tertiary alicyclic amines) is 1. The molecule has 2 N–H and O–H groups in total. The third-order valence-electron chi connectivity index (χ3n) is 4.92. The molecule has 1 aliphatic heterocycles. The number of sulfonamides is 1. The Balaban J connectivity index is 1.49. The monoisotopic (exact) mass is 421 g/mol. The van der Waals surface area contributed by atoms with Gasteiger partial charge in [-0.2, -0.15) is 0 Å². The van der Waals surface area contributed by atoms with Gasteiger partial charge in [0.15, 0.2) is 0 Å².